The topological polar surface area (TPSA) is 20.3 Å². The van der Waals surface area contributed by atoms with E-state index in [2.05, 4.69) is 15.9 Å². The van der Waals surface area contributed by atoms with Gasteiger partial charge in [0.2, 0.25) is 0 Å². The van der Waals surface area contributed by atoms with Gasteiger partial charge < -0.3 is 4.90 Å². The first-order valence-corrected chi connectivity index (χ1v) is 6.20. The summed E-state index contributed by atoms with van der Waals surface area (Å²) in [6.07, 6.45) is 0. The summed E-state index contributed by atoms with van der Waals surface area (Å²) in [5.41, 5.74) is 0. The second-order valence-electron chi connectivity index (χ2n) is 3.07. The molecule has 0 saturated carbocycles. The van der Waals surface area contributed by atoms with Crippen LogP contribution in [0.1, 0.15) is 16.6 Å². The highest BCUT2D eigenvalue weighted by Crippen LogP contribution is 2.23. The molecule has 0 bridgehead atoms. The minimum Gasteiger partial charge on any atom is -0.340 e. The molecule has 0 aliphatic heterocycles. The number of rotatable bonds is 3. The summed E-state index contributed by atoms with van der Waals surface area (Å²) in [6, 6.07) is 3.68. The van der Waals surface area contributed by atoms with Gasteiger partial charge in [-0.1, -0.05) is 0 Å². The summed E-state index contributed by atoms with van der Waals surface area (Å²) in [4.78, 5) is 14.1. The maximum Gasteiger partial charge on any atom is 0.263 e. The summed E-state index contributed by atoms with van der Waals surface area (Å²) in [5.74, 6) is 0.0215. The summed E-state index contributed by atoms with van der Waals surface area (Å²) in [7, 11) is 1.76. The number of carbonyl (C=O) groups is 1. The lowest BCUT2D eigenvalue weighted by Gasteiger charge is -2.17. The molecule has 0 spiro atoms. The van der Waals surface area contributed by atoms with Crippen molar-refractivity contribution in [3.8, 4) is 0 Å². The molecule has 14 heavy (non-hydrogen) atoms. The van der Waals surface area contributed by atoms with Crippen molar-refractivity contribution < 1.29 is 4.79 Å². The first-order valence-electron chi connectivity index (χ1n) is 4.15. The molecule has 0 saturated heterocycles. The molecule has 1 aromatic heterocycles. The SMILES string of the molecule is CC(Cl)CN(C)C(=O)c1ccc(Br)s1. The Morgan fingerprint density at radius 1 is 1.71 bits per heavy atom. The fourth-order valence-corrected chi connectivity index (χ4v) is 2.67. The Labute approximate surface area is 101 Å². The quantitative estimate of drug-likeness (QED) is 0.784. The first kappa shape index (κ1) is 12.0. The van der Waals surface area contributed by atoms with Gasteiger partial charge in [0.25, 0.3) is 5.91 Å². The molecule has 0 aliphatic carbocycles. The molecule has 1 rings (SSSR count). The average molecular weight is 297 g/mol. The van der Waals surface area contributed by atoms with Crippen LogP contribution < -0.4 is 0 Å². The normalized spacial score (nSPS) is 12.6. The Bertz CT molecular complexity index is 326. The van der Waals surface area contributed by atoms with Gasteiger partial charge in [-0.3, -0.25) is 4.79 Å². The van der Waals surface area contributed by atoms with E-state index in [4.69, 9.17) is 11.6 Å². The lowest BCUT2D eigenvalue weighted by molar-refractivity contribution is 0.0801. The van der Waals surface area contributed by atoms with Crippen molar-refractivity contribution in [3.63, 3.8) is 0 Å². The molecular formula is C9H11BrClNOS. The number of alkyl halides is 1. The Balaban J connectivity index is 2.65. The van der Waals surface area contributed by atoms with E-state index in [1.54, 1.807) is 11.9 Å². The van der Waals surface area contributed by atoms with Crippen LogP contribution in [0.3, 0.4) is 0 Å². The van der Waals surface area contributed by atoms with Crippen molar-refractivity contribution in [2.45, 2.75) is 12.3 Å². The number of amides is 1. The van der Waals surface area contributed by atoms with E-state index in [-0.39, 0.29) is 11.3 Å². The van der Waals surface area contributed by atoms with Crippen molar-refractivity contribution in [1.82, 2.24) is 4.90 Å². The molecule has 0 fully saturated rings. The number of hydrogen-bond donors (Lipinski definition) is 0. The van der Waals surface area contributed by atoms with Gasteiger partial charge in [-0.2, -0.15) is 0 Å². The van der Waals surface area contributed by atoms with Crippen molar-refractivity contribution in [1.29, 1.82) is 0 Å². The van der Waals surface area contributed by atoms with Crippen LogP contribution in [0.15, 0.2) is 15.9 Å². The highest BCUT2D eigenvalue weighted by atomic mass is 79.9. The molecule has 0 aromatic carbocycles. The fourth-order valence-electron chi connectivity index (χ4n) is 1.08. The van der Waals surface area contributed by atoms with Gasteiger partial charge in [-0.05, 0) is 35.0 Å². The molecule has 0 aliphatic rings. The monoisotopic (exact) mass is 295 g/mol. The van der Waals surface area contributed by atoms with Crippen molar-refractivity contribution >= 4 is 44.8 Å². The standard InChI is InChI=1S/C9H11BrClNOS/c1-6(11)5-12(2)9(13)7-3-4-8(10)14-7/h3-4,6H,5H2,1-2H3. The highest BCUT2D eigenvalue weighted by molar-refractivity contribution is 9.11. The molecule has 2 nitrogen and oxygen atoms in total. The molecule has 0 radical (unpaired) electrons. The van der Waals surface area contributed by atoms with Crippen molar-refractivity contribution in [3.05, 3.63) is 20.8 Å². The van der Waals surface area contributed by atoms with Crippen LogP contribution in [0.2, 0.25) is 0 Å². The van der Waals surface area contributed by atoms with E-state index >= 15 is 0 Å². The van der Waals surface area contributed by atoms with E-state index in [1.807, 2.05) is 19.1 Å². The maximum atomic E-state index is 11.8. The molecule has 1 atom stereocenters. The highest BCUT2D eigenvalue weighted by Gasteiger charge is 2.14. The smallest absolute Gasteiger partial charge is 0.263 e. The van der Waals surface area contributed by atoms with Gasteiger partial charge >= 0.3 is 0 Å². The van der Waals surface area contributed by atoms with Crippen LogP contribution in [0.25, 0.3) is 0 Å². The second kappa shape index (κ2) is 5.14. The van der Waals surface area contributed by atoms with Crippen LogP contribution in [-0.2, 0) is 0 Å². The van der Waals surface area contributed by atoms with Gasteiger partial charge in [0.15, 0.2) is 0 Å². The third kappa shape index (κ3) is 3.26. The molecular weight excluding hydrogens is 286 g/mol. The molecule has 5 heteroatoms. The predicted octanol–water partition coefficient (Wildman–Crippen LogP) is 3.21. The molecule has 1 aromatic rings. The predicted molar refractivity (Wildman–Crippen MR) is 64.3 cm³/mol. The Kier molecular flexibility index (Phi) is 4.41. The second-order valence-corrected chi connectivity index (χ2v) is 6.28. The lowest BCUT2D eigenvalue weighted by Crippen LogP contribution is -2.30. The minimum absolute atomic E-state index is 0.0210. The molecule has 1 heterocycles. The zero-order valence-corrected chi connectivity index (χ0v) is 11.1. The zero-order valence-electron chi connectivity index (χ0n) is 7.96. The summed E-state index contributed by atoms with van der Waals surface area (Å²) in [6.45, 7) is 2.44. The zero-order chi connectivity index (χ0) is 10.7. The maximum absolute atomic E-state index is 11.8. The van der Waals surface area contributed by atoms with Gasteiger partial charge in [-0.15, -0.1) is 22.9 Å². The summed E-state index contributed by atoms with van der Waals surface area (Å²) in [5, 5.41) is -0.0210. The van der Waals surface area contributed by atoms with E-state index in [0.29, 0.717) is 6.54 Å². The van der Waals surface area contributed by atoms with Crippen molar-refractivity contribution in [2.75, 3.05) is 13.6 Å². The molecule has 1 unspecified atom stereocenters. The molecule has 1 amide bonds. The van der Waals surface area contributed by atoms with Crippen LogP contribution in [0.4, 0.5) is 0 Å². The van der Waals surface area contributed by atoms with E-state index in [9.17, 15) is 4.79 Å². The van der Waals surface area contributed by atoms with Crippen LogP contribution in [-0.4, -0.2) is 29.8 Å². The number of hydrogen-bond acceptors (Lipinski definition) is 2. The molecule has 78 valence electrons. The van der Waals surface area contributed by atoms with Gasteiger partial charge in [0.1, 0.15) is 0 Å². The number of halogens is 2. The fraction of sp³-hybridized carbons (Fsp3) is 0.444. The van der Waals surface area contributed by atoms with E-state index in [1.165, 1.54) is 11.3 Å². The lowest BCUT2D eigenvalue weighted by atomic mass is 10.3. The van der Waals surface area contributed by atoms with Crippen LogP contribution in [0, 0.1) is 0 Å². The minimum atomic E-state index is -0.0210. The third-order valence-corrected chi connectivity index (χ3v) is 3.41. The van der Waals surface area contributed by atoms with Gasteiger partial charge in [0, 0.05) is 19.0 Å². The third-order valence-electron chi connectivity index (χ3n) is 1.66. The first-order chi connectivity index (χ1) is 6.50. The van der Waals surface area contributed by atoms with Gasteiger partial charge in [-0.25, -0.2) is 0 Å². The summed E-state index contributed by atoms with van der Waals surface area (Å²) >= 11 is 10.6. The summed E-state index contributed by atoms with van der Waals surface area (Å²) < 4.78 is 0.966. The Morgan fingerprint density at radius 2 is 2.36 bits per heavy atom. The van der Waals surface area contributed by atoms with Gasteiger partial charge in [0.05, 0.1) is 8.66 Å². The average Bonchev–Trinajstić information content (AvgIpc) is 2.49. The number of carbonyl (C=O) groups excluding carboxylic acids is 1. The van der Waals surface area contributed by atoms with Crippen LogP contribution >= 0.6 is 38.9 Å². The molecule has 0 N–H and O–H groups in total. The van der Waals surface area contributed by atoms with E-state index in [0.717, 1.165) is 8.66 Å². The number of nitrogens with zero attached hydrogens (tertiary/aromatic N) is 1. The largest absolute Gasteiger partial charge is 0.340 e. The number of thiophene rings is 1. The van der Waals surface area contributed by atoms with Crippen LogP contribution in [0.5, 0.6) is 0 Å². The Morgan fingerprint density at radius 3 is 2.79 bits per heavy atom. The Hall–Kier alpha value is -0.0600. The van der Waals surface area contributed by atoms with Crippen molar-refractivity contribution in [2.24, 2.45) is 0 Å². The van der Waals surface area contributed by atoms with E-state index < -0.39 is 0 Å².